The number of methoxy groups -OCH3 is 1. The standard InChI is InChI=1S/C21H23ClN2O2/c1-16(15-17-7-9-18(22)10-8-17)21(25)24-13-11-23(12-14-24)19-5-3-4-6-20(19)26-2/h3-10,15H,11-14H2,1-2H3/b16-15+. The molecule has 1 heterocycles. The fraction of sp³-hybridized carbons (Fsp3) is 0.286. The zero-order chi connectivity index (χ0) is 18.5. The maximum absolute atomic E-state index is 12.7. The summed E-state index contributed by atoms with van der Waals surface area (Å²) in [6, 6.07) is 15.5. The van der Waals surface area contributed by atoms with E-state index in [0.717, 1.165) is 35.7 Å². The lowest BCUT2D eigenvalue weighted by molar-refractivity contribution is -0.127. The van der Waals surface area contributed by atoms with Crippen molar-refractivity contribution in [2.75, 3.05) is 38.2 Å². The lowest BCUT2D eigenvalue weighted by Crippen LogP contribution is -2.49. The van der Waals surface area contributed by atoms with Crippen molar-refractivity contribution in [1.82, 2.24) is 4.90 Å². The number of ether oxygens (including phenoxy) is 1. The lowest BCUT2D eigenvalue weighted by atomic mass is 10.1. The van der Waals surface area contributed by atoms with Gasteiger partial charge in [0.05, 0.1) is 12.8 Å². The van der Waals surface area contributed by atoms with E-state index < -0.39 is 0 Å². The highest BCUT2D eigenvalue weighted by Gasteiger charge is 2.23. The molecule has 5 heteroatoms. The van der Waals surface area contributed by atoms with E-state index in [0.29, 0.717) is 18.1 Å². The van der Waals surface area contributed by atoms with Gasteiger partial charge in [0.2, 0.25) is 5.91 Å². The van der Waals surface area contributed by atoms with Crippen molar-refractivity contribution in [3.05, 3.63) is 64.7 Å². The van der Waals surface area contributed by atoms with Crippen LogP contribution in [0.1, 0.15) is 12.5 Å². The Balaban J connectivity index is 1.64. The number of nitrogens with zero attached hydrogens (tertiary/aromatic N) is 2. The summed E-state index contributed by atoms with van der Waals surface area (Å²) in [5.74, 6) is 0.950. The topological polar surface area (TPSA) is 32.8 Å². The first-order valence-electron chi connectivity index (χ1n) is 8.69. The Labute approximate surface area is 159 Å². The molecule has 1 aliphatic rings. The van der Waals surface area contributed by atoms with Crippen LogP contribution in [0.5, 0.6) is 5.75 Å². The molecule has 1 aliphatic heterocycles. The summed E-state index contributed by atoms with van der Waals surface area (Å²) in [5.41, 5.74) is 2.79. The van der Waals surface area contributed by atoms with Gasteiger partial charge in [-0.15, -0.1) is 0 Å². The zero-order valence-corrected chi connectivity index (χ0v) is 15.9. The highest BCUT2D eigenvalue weighted by molar-refractivity contribution is 6.30. The number of anilines is 1. The summed E-state index contributed by atoms with van der Waals surface area (Å²) in [4.78, 5) is 16.9. The fourth-order valence-corrected chi connectivity index (χ4v) is 3.29. The minimum absolute atomic E-state index is 0.0830. The molecule has 0 saturated carbocycles. The van der Waals surface area contributed by atoms with Gasteiger partial charge in [0.15, 0.2) is 0 Å². The molecule has 0 aliphatic carbocycles. The molecule has 0 bridgehead atoms. The minimum Gasteiger partial charge on any atom is -0.495 e. The molecule has 0 unspecified atom stereocenters. The van der Waals surface area contributed by atoms with Crippen molar-refractivity contribution in [1.29, 1.82) is 0 Å². The molecule has 1 amide bonds. The Hall–Kier alpha value is -2.46. The second kappa shape index (κ2) is 8.28. The van der Waals surface area contributed by atoms with Crippen LogP contribution in [-0.2, 0) is 4.79 Å². The molecule has 2 aromatic carbocycles. The van der Waals surface area contributed by atoms with Gasteiger partial charge in [0.1, 0.15) is 5.75 Å². The lowest BCUT2D eigenvalue weighted by Gasteiger charge is -2.36. The van der Waals surface area contributed by atoms with Gasteiger partial charge < -0.3 is 14.5 Å². The van der Waals surface area contributed by atoms with E-state index >= 15 is 0 Å². The molecule has 26 heavy (non-hydrogen) atoms. The van der Waals surface area contributed by atoms with E-state index in [1.807, 2.05) is 60.4 Å². The summed E-state index contributed by atoms with van der Waals surface area (Å²) in [5, 5.41) is 0.693. The Kier molecular flexibility index (Phi) is 5.84. The van der Waals surface area contributed by atoms with Crippen LogP contribution in [0.4, 0.5) is 5.69 Å². The zero-order valence-electron chi connectivity index (χ0n) is 15.1. The first kappa shape index (κ1) is 18.3. The van der Waals surface area contributed by atoms with Crippen LogP contribution in [0.15, 0.2) is 54.1 Å². The molecule has 4 nitrogen and oxygen atoms in total. The van der Waals surface area contributed by atoms with Crippen LogP contribution in [0.2, 0.25) is 5.02 Å². The van der Waals surface area contributed by atoms with Crippen molar-refractivity contribution in [2.45, 2.75) is 6.92 Å². The quantitative estimate of drug-likeness (QED) is 0.759. The predicted molar refractivity (Wildman–Crippen MR) is 107 cm³/mol. The summed E-state index contributed by atoms with van der Waals surface area (Å²) in [7, 11) is 1.68. The highest BCUT2D eigenvalue weighted by Crippen LogP contribution is 2.28. The van der Waals surface area contributed by atoms with Gasteiger partial charge in [-0.2, -0.15) is 0 Å². The Morgan fingerprint density at radius 2 is 1.69 bits per heavy atom. The number of para-hydroxylation sites is 2. The van der Waals surface area contributed by atoms with Crippen LogP contribution >= 0.6 is 11.6 Å². The third-order valence-electron chi connectivity index (χ3n) is 4.58. The van der Waals surface area contributed by atoms with Crippen molar-refractivity contribution in [3.8, 4) is 5.75 Å². The molecular formula is C21H23ClN2O2. The van der Waals surface area contributed by atoms with E-state index in [1.165, 1.54) is 0 Å². The van der Waals surface area contributed by atoms with Crippen LogP contribution in [0.3, 0.4) is 0 Å². The van der Waals surface area contributed by atoms with Gasteiger partial charge in [-0.1, -0.05) is 35.9 Å². The number of carbonyl (C=O) groups is 1. The third-order valence-corrected chi connectivity index (χ3v) is 4.84. The summed E-state index contributed by atoms with van der Waals surface area (Å²) >= 11 is 5.91. The molecule has 0 radical (unpaired) electrons. The highest BCUT2D eigenvalue weighted by atomic mass is 35.5. The first-order chi connectivity index (χ1) is 12.6. The van der Waals surface area contributed by atoms with Gasteiger partial charge in [-0.25, -0.2) is 0 Å². The molecule has 0 N–H and O–H groups in total. The molecule has 0 atom stereocenters. The van der Waals surface area contributed by atoms with Crippen LogP contribution < -0.4 is 9.64 Å². The number of carbonyl (C=O) groups excluding carboxylic acids is 1. The normalized spacial score (nSPS) is 15.1. The molecule has 3 rings (SSSR count). The predicted octanol–water partition coefficient (Wildman–Crippen LogP) is 4.10. The molecule has 2 aromatic rings. The maximum atomic E-state index is 12.7. The number of piperazine rings is 1. The van der Waals surface area contributed by atoms with Crippen LogP contribution in [0.25, 0.3) is 6.08 Å². The Morgan fingerprint density at radius 3 is 2.35 bits per heavy atom. The van der Waals surface area contributed by atoms with Crippen molar-refractivity contribution in [3.63, 3.8) is 0 Å². The second-order valence-corrected chi connectivity index (χ2v) is 6.77. The van der Waals surface area contributed by atoms with E-state index in [9.17, 15) is 4.79 Å². The van der Waals surface area contributed by atoms with Gasteiger partial charge >= 0.3 is 0 Å². The fourth-order valence-electron chi connectivity index (χ4n) is 3.16. The van der Waals surface area contributed by atoms with Gasteiger partial charge in [0, 0.05) is 36.8 Å². The molecule has 136 valence electrons. The summed E-state index contributed by atoms with van der Waals surface area (Å²) in [6.45, 7) is 4.84. The summed E-state index contributed by atoms with van der Waals surface area (Å²) < 4.78 is 5.45. The Bertz CT molecular complexity index is 794. The number of hydrogen-bond acceptors (Lipinski definition) is 3. The smallest absolute Gasteiger partial charge is 0.249 e. The molecule has 1 saturated heterocycles. The van der Waals surface area contributed by atoms with Crippen molar-refractivity contribution >= 4 is 29.3 Å². The largest absolute Gasteiger partial charge is 0.495 e. The van der Waals surface area contributed by atoms with Gasteiger partial charge in [-0.05, 0) is 42.8 Å². The van der Waals surface area contributed by atoms with E-state index in [-0.39, 0.29) is 5.91 Å². The molecule has 0 spiro atoms. The first-order valence-corrected chi connectivity index (χ1v) is 9.07. The molecule has 0 aromatic heterocycles. The van der Waals surface area contributed by atoms with Gasteiger partial charge in [0.25, 0.3) is 0 Å². The summed E-state index contributed by atoms with van der Waals surface area (Å²) in [6.07, 6.45) is 1.91. The number of hydrogen-bond donors (Lipinski definition) is 0. The van der Waals surface area contributed by atoms with E-state index in [1.54, 1.807) is 7.11 Å². The number of benzene rings is 2. The monoisotopic (exact) mass is 370 g/mol. The van der Waals surface area contributed by atoms with E-state index in [2.05, 4.69) is 11.0 Å². The SMILES string of the molecule is COc1ccccc1N1CCN(C(=O)/C(C)=C/c2ccc(Cl)cc2)CC1. The number of amides is 1. The van der Waals surface area contributed by atoms with Crippen LogP contribution in [-0.4, -0.2) is 44.1 Å². The molecule has 1 fully saturated rings. The third kappa shape index (κ3) is 4.20. The second-order valence-electron chi connectivity index (χ2n) is 6.33. The maximum Gasteiger partial charge on any atom is 0.249 e. The van der Waals surface area contributed by atoms with Gasteiger partial charge in [-0.3, -0.25) is 4.79 Å². The van der Waals surface area contributed by atoms with Crippen LogP contribution in [0, 0.1) is 0 Å². The Morgan fingerprint density at radius 1 is 1.04 bits per heavy atom. The van der Waals surface area contributed by atoms with E-state index in [4.69, 9.17) is 16.3 Å². The number of rotatable bonds is 4. The molecular weight excluding hydrogens is 348 g/mol. The van der Waals surface area contributed by atoms with Crippen molar-refractivity contribution in [2.24, 2.45) is 0 Å². The van der Waals surface area contributed by atoms with Crippen molar-refractivity contribution < 1.29 is 9.53 Å². The average molecular weight is 371 g/mol. The average Bonchev–Trinajstić information content (AvgIpc) is 2.69. The number of halogens is 1. The minimum atomic E-state index is 0.0830.